The van der Waals surface area contributed by atoms with Gasteiger partial charge < -0.3 is 10.6 Å². The molecule has 0 aliphatic carbocycles. The third kappa shape index (κ3) is 4.90. The fourth-order valence-corrected chi connectivity index (χ4v) is 3.31. The summed E-state index contributed by atoms with van der Waals surface area (Å²) in [6.45, 7) is 2.08. The van der Waals surface area contributed by atoms with Crippen LogP contribution in [0.25, 0.3) is 10.9 Å². The molecule has 2 N–H and O–H groups in total. The van der Waals surface area contributed by atoms with Crippen LogP contribution in [0, 0.1) is 0 Å². The highest BCUT2D eigenvalue weighted by Crippen LogP contribution is 2.29. The largest absolute Gasteiger partial charge is 0.416 e. The number of nitrogens with two attached hydrogens (primary N) is 1. The fraction of sp³-hybridized carbons (Fsp3) is 0.304. The molecule has 0 atom stereocenters. The molecule has 3 rings (SSSR count). The molecule has 1 heterocycles. The molecule has 1 amide bonds. The molecule has 0 radical (unpaired) electrons. The molecule has 0 saturated carbocycles. The van der Waals surface area contributed by atoms with Crippen molar-refractivity contribution < 1.29 is 18.0 Å². The molecule has 158 valence electrons. The zero-order valence-corrected chi connectivity index (χ0v) is 17.0. The van der Waals surface area contributed by atoms with Crippen LogP contribution in [0.2, 0.25) is 0 Å². The van der Waals surface area contributed by atoms with Gasteiger partial charge in [0.2, 0.25) is 5.91 Å². The highest BCUT2D eigenvalue weighted by atomic mass is 19.4. The molecule has 30 heavy (non-hydrogen) atoms. The molecule has 0 saturated heterocycles. The highest BCUT2D eigenvalue weighted by molar-refractivity contribution is 5.98. The van der Waals surface area contributed by atoms with Gasteiger partial charge in [0.05, 0.1) is 11.1 Å². The van der Waals surface area contributed by atoms with Gasteiger partial charge in [-0.05, 0) is 54.8 Å². The van der Waals surface area contributed by atoms with Gasteiger partial charge in [-0.3, -0.25) is 9.78 Å². The Hall–Kier alpha value is -3.09. The van der Waals surface area contributed by atoms with E-state index in [-0.39, 0.29) is 12.3 Å². The minimum absolute atomic E-state index is 0.136. The maximum absolute atomic E-state index is 12.7. The van der Waals surface area contributed by atoms with Crippen molar-refractivity contribution in [3.05, 3.63) is 65.4 Å². The average molecular weight is 415 g/mol. The second-order valence-electron chi connectivity index (χ2n) is 7.30. The van der Waals surface area contributed by atoms with Gasteiger partial charge in [0.15, 0.2) is 0 Å². The number of halogens is 3. The highest BCUT2D eigenvalue weighted by Gasteiger charge is 2.29. The maximum Gasteiger partial charge on any atom is 0.416 e. The van der Waals surface area contributed by atoms with Crippen molar-refractivity contribution in [2.24, 2.45) is 0 Å². The minimum atomic E-state index is -4.36. The summed E-state index contributed by atoms with van der Waals surface area (Å²) in [5.74, 6) is -0.136. The van der Waals surface area contributed by atoms with E-state index in [1.54, 1.807) is 7.05 Å². The van der Waals surface area contributed by atoms with E-state index < -0.39 is 11.7 Å². The van der Waals surface area contributed by atoms with E-state index >= 15 is 0 Å². The molecule has 3 aromatic rings. The topological polar surface area (TPSA) is 59.2 Å². The fourth-order valence-electron chi connectivity index (χ4n) is 3.31. The molecule has 0 unspecified atom stereocenters. The molecule has 0 spiro atoms. The second-order valence-corrected chi connectivity index (χ2v) is 7.30. The molecule has 0 aliphatic rings. The molecule has 0 fully saturated rings. The number of amides is 1. The van der Waals surface area contributed by atoms with Crippen molar-refractivity contribution in [2.45, 2.75) is 38.8 Å². The van der Waals surface area contributed by atoms with Crippen LogP contribution in [0.1, 0.15) is 36.6 Å². The Bertz CT molecular complexity index is 1050. The van der Waals surface area contributed by atoms with Crippen LogP contribution in [0.15, 0.2) is 48.5 Å². The summed E-state index contributed by atoms with van der Waals surface area (Å²) >= 11 is 0. The number of rotatable bonds is 6. The van der Waals surface area contributed by atoms with Gasteiger partial charge in [-0.15, -0.1) is 0 Å². The first kappa shape index (κ1) is 21.6. The number of carbonyl (C=O) groups is 1. The molecule has 0 bridgehead atoms. The number of fused-ring (bicyclic) bond motifs is 1. The third-order valence-electron chi connectivity index (χ3n) is 5.05. The average Bonchev–Trinajstić information content (AvgIpc) is 2.71. The number of carbonyl (C=O) groups excluding carboxylic acids is 1. The Labute approximate surface area is 173 Å². The molecule has 1 aromatic heterocycles. The van der Waals surface area contributed by atoms with Crippen LogP contribution in [0.5, 0.6) is 0 Å². The second kappa shape index (κ2) is 8.73. The first-order valence-electron chi connectivity index (χ1n) is 9.81. The van der Waals surface area contributed by atoms with Gasteiger partial charge in [-0.2, -0.15) is 13.2 Å². The van der Waals surface area contributed by atoms with Gasteiger partial charge >= 0.3 is 6.18 Å². The zero-order valence-electron chi connectivity index (χ0n) is 17.0. The van der Waals surface area contributed by atoms with E-state index in [4.69, 9.17) is 5.73 Å². The molecular formula is C23H24F3N3O. The van der Waals surface area contributed by atoms with Crippen LogP contribution in [0.4, 0.5) is 24.5 Å². The van der Waals surface area contributed by atoms with Crippen LogP contribution < -0.4 is 10.6 Å². The molecule has 2 aromatic carbocycles. The van der Waals surface area contributed by atoms with E-state index in [0.29, 0.717) is 23.4 Å². The number of hydrogen-bond donors (Lipinski definition) is 1. The lowest BCUT2D eigenvalue weighted by Gasteiger charge is -2.18. The summed E-state index contributed by atoms with van der Waals surface area (Å²) in [6, 6.07) is 12.3. The van der Waals surface area contributed by atoms with E-state index in [1.807, 2.05) is 24.3 Å². The Morgan fingerprint density at radius 3 is 2.40 bits per heavy atom. The summed E-state index contributed by atoms with van der Waals surface area (Å²) in [5.41, 5.74) is 9.21. The Kier molecular flexibility index (Phi) is 6.29. The Morgan fingerprint density at radius 2 is 1.77 bits per heavy atom. The monoisotopic (exact) mass is 415 g/mol. The standard InChI is InChI=1S/C23H24F3N3O/c1-3-4-17-13-20(27)19-14-18(10-11-21(19)28-17)29(2)22(30)12-7-15-5-8-16(9-6-15)23(24,25)26/h5-6,8-11,13-14H,3-4,7,12H2,1-2H3,(H2,27,28). The first-order valence-corrected chi connectivity index (χ1v) is 9.81. The number of aryl methyl sites for hydroxylation is 2. The van der Waals surface area contributed by atoms with Crippen LogP contribution in [-0.2, 0) is 23.8 Å². The molecule has 0 aliphatic heterocycles. The summed E-state index contributed by atoms with van der Waals surface area (Å²) in [6.07, 6.45) is -1.99. The summed E-state index contributed by atoms with van der Waals surface area (Å²) in [7, 11) is 1.67. The van der Waals surface area contributed by atoms with E-state index in [2.05, 4.69) is 11.9 Å². The third-order valence-corrected chi connectivity index (χ3v) is 5.05. The van der Waals surface area contributed by atoms with Gasteiger partial charge in [0.25, 0.3) is 0 Å². The van der Waals surface area contributed by atoms with Crippen molar-refractivity contribution >= 4 is 28.2 Å². The lowest BCUT2D eigenvalue weighted by atomic mass is 10.1. The Morgan fingerprint density at radius 1 is 1.07 bits per heavy atom. The number of benzene rings is 2. The van der Waals surface area contributed by atoms with E-state index in [1.165, 1.54) is 17.0 Å². The van der Waals surface area contributed by atoms with Gasteiger partial charge in [0.1, 0.15) is 0 Å². The number of hydrogen-bond acceptors (Lipinski definition) is 3. The van der Waals surface area contributed by atoms with Crippen LogP contribution in [-0.4, -0.2) is 17.9 Å². The van der Waals surface area contributed by atoms with Gasteiger partial charge in [-0.25, -0.2) is 0 Å². The normalized spacial score (nSPS) is 11.6. The molecular weight excluding hydrogens is 391 g/mol. The SMILES string of the molecule is CCCc1cc(N)c2cc(N(C)C(=O)CCc3ccc(C(F)(F)F)cc3)ccc2n1. The van der Waals surface area contributed by atoms with E-state index in [0.717, 1.165) is 41.6 Å². The summed E-state index contributed by atoms with van der Waals surface area (Å²) in [4.78, 5) is 18.7. The quantitative estimate of drug-likeness (QED) is 0.588. The number of pyridine rings is 1. The molecule has 7 heteroatoms. The zero-order chi connectivity index (χ0) is 21.9. The van der Waals surface area contributed by atoms with Crippen molar-refractivity contribution in [1.82, 2.24) is 4.98 Å². The maximum atomic E-state index is 12.7. The smallest absolute Gasteiger partial charge is 0.398 e. The van der Waals surface area contributed by atoms with Crippen molar-refractivity contribution in [2.75, 3.05) is 17.7 Å². The molecule has 4 nitrogen and oxygen atoms in total. The first-order chi connectivity index (χ1) is 14.2. The van der Waals surface area contributed by atoms with E-state index in [9.17, 15) is 18.0 Å². The number of nitrogen functional groups attached to an aromatic ring is 1. The summed E-state index contributed by atoms with van der Waals surface area (Å²) in [5, 5.41) is 0.787. The van der Waals surface area contributed by atoms with Crippen molar-refractivity contribution in [1.29, 1.82) is 0 Å². The number of aromatic nitrogens is 1. The minimum Gasteiger partial charge on any atom is -0.398 e. The van der Waals surface area contributed by atoms with Crippen molar-refractivity contribution in [3.63, 3.8) is 0 Å². The van der Waals surface area contributed by atoms with Crippen molar-refractivity contribution in [3.8, 4) is 0 Å². The summed E-state index contributed by atoms with van der Waals surface area (Å²) < 4.78 is 38.0. The van der Waals surface area contributed by atoms with Crippen LogP contribution >= 0.6 is 0 Å². The number of alkyl halides is 3. The Balaban J connectivity index is 1.70. The predicted molar refractivity (Wildman–Crippen MR) is 113 cm³/mol. The number of nitrogens with zero attached hydrogens (tertiary/aromatic N) is 2. The lowest BCUT2D eigenvalue weighted by molar-refractivity contribution is -0.137. The van der Waals surface area contributed by atoms with Crippen LogP contribution in [0.3, 0.4) is 0 Å². The van der Waals surface area contributed by atoms with Gasteiger partial charge in [-0.1, -0.05) is 25.5 Å². The predicted octanol–water partition coefficient (Wildman–Crippen LogP) is 5.38. The van der Waals surface area contributed by atoms with Gasteiger partial charge in [0, 0.05) is 35.9 Å². The number of anilines is 2. The lowest BCUT2D eigenvalue weighted by Crippen LogP contribution is -2.26.